The van der Waals surface area contributed by atoms with Gasteiger partial charge in [-0.05, 0) is 19.1 Å². The van der Waals surface area contributed by atoms with Crippen molar-refractivity contribution in [2.45, 2.75) is 18.8 Å². The number of methoxy groups -OCH3 is 2. The van der Waals surface area contributed by atoms with E-state index in [1.54, 1.807) is 20.3 Å². The van der Waals surface area contributed by atoms with Crippen molar-refractivity contribution in [2.24, 2.45) is 0 Å². The molecule has 0 amide bonds. The first-order chi connectivity index (χ1) is 9.15. The van der Waals surface area contributed by atoms with E-state index in [1.165, 1.54) is 6.07 Å². The zero-order valence-corrected chi connectivity index (χ0v) is 12.4. The Morgan fingerprint density at radius 1 is 1.32 bits per heavy atom. The van der Waals surface area contributed by atoms with Crippen molar-refractivity contribution in [1.29, 1.82) is 0 Å². The van der Waals surface area contributed by atoms with E-state index in [0.717, 1.165) is 5.69 Å². The standard InChI is InChI=1S/C14H21ClFNO2/c1-11(10-19-3)17(7-8-18-2)14-6-4-5-13(16)12(14)9-15/h4-6,11H,7-10H2,1-3H3. The molecule has 0 aliphatic rings. The van der Waals surface area contributed by atoms with Crippen molar-refractivity contribution >= 4 is 17.3 Å². The molecular weight excluding hydrogens is 269 g/mol. The lowest BCUT2D eigenvalue weighted by Gasteiger charge is -2.32. The Labute approximate surface area is 119 Å². The van der Waals surface area contributed by atoms with Gasteiger partial charge in [0.25, 0.3) is 0 Å². The third-order valence-electron chi connectivity index (χ3n) is 3.01. The van der Waals surface area contributed by atoms with Crippen molar-refractivity contribution in [1.82, 2.24) is 0 Å². The number of ether oxygens (including phenoxy) is 2. The summed E-state index contributed by atoms with van der Waals surface area (Å²) in [6.45, 7) is 3.81. The van der Waals surface area contributed by atoms with Crippen molar-refractivity contribution in [3.8, 4) is 0 Å². The van der Waals surface area contributed by atoms with Gasteiger partial charge in [-0.3, -0.25) is 0 Å². The summed E-state index contributed by atoms with van der Waals surface area (Å²) in [5.41, 5.74) is 1.32. The fraction of sp³-hybridized carbons (Fsp3) is 0.571. The molecule has 0 aliphatic carbocycles. The second-order valence-electron chi connectivity index (χ2n) is 4.36. The molecule has 0 radical (unpaired) electrons. The molecule has 0 N–H and O–H groups in total. The summed E-state index contributed by atoms with van der Waals surface area (Å²) in [5.74, 6) is -0.134. The Morgan fingerprint density at radius 3 is 2.63 bits per heavy atom. The van der Waals surface area contributed by atoms with E-state index in [4.69, 9.17) is 21.1 Å². The molecule has 0 aliphatic heterocycles. The average Bonchev–Trinajstić information content (AvgIpc) is 2.39. The monoisotopic (exact) mass is 289 g/mol. The number of rotatable bonds is 8. The van der Waals surface area contributed by atoms with Crippen molar-refractivity contribution in [2.75, 3.05) is 38.9 Å². The predicted octanol–water partition coefficient (Wildman–Crippen LogP) is 3.05. The molecule has 1 unspecified atom stereocenters. The molecule has 0 spiro atoms. The van der Waals surface area contributed by atoms with Gasteiger partial charge in [-0.1, -0.05) is 6.07 Å². The largest absolute Gasteiger partial charge is 0.383 e. The fourth-order valence-corrected chi connectivity index (χ4v) is 2.31. The normalized spacial score (nSPS) is 12.5. The third-order valence-corrected chi connectivity index (χ3v) is 3.28. The van der Waals surface area contributed by atoms with E-state index in [9.17, 15) is 4.39 Å². The van der Waals surface area contributed by atoms with Crippen LogP contribution in [0.4, 0.5) is 10.1 Å². The summed E-state index contributed by atoms with van der Waals surface area (Å²) in [5, 5.41) is 0. The van der Waals surface area contributed by atoms with E-state index < -0.39 is 0 Å². The number of nitrogens with zero attached hydrogens (tertiary/aromatic N) is 1. The number of anilines is 1. The van der Waals surface area contributed by atoms with Gasteiger partial charge in [-0.15, -0.1) is 11.6 Å². The summed E-state index contributed by atoms with van der Waals surface area (Å²) in [6.07, 6.45) is 0. The zero-order chi connectivity index (χ0) is 14.3. The zero-order valence-electron chi connectivity index (χ0n) is 11.7. The van der Waals surface area contributed by atoms with Crippen LogP contribution in [0.5, 0.6) is 0 Å². The minimum atomic E-state index is -0.278. The summed E-state index contributed by atoms with van der Waals surface area (Å²) in [4.78, 5) is 2.06. The first-order valence-corrected chi connectivity index (χ1v) is 6.77. The highest BCUT2D eigenvalue weighted by Gasteiger charge is 2.19. The Kier molecular flexibility index (Phi) is 7.13. The van der Waals surface area contributed by atoms with Gasteiger partial charge >= 0.3 is 0 Å². The first-order valence-electron chi connectivity index (χ1n) is 6.23. The molecule has 19 heavy (non-hydrogen) atoms. The lowest BCUT2D eigenvalue weighted by molar-refractivity contribution is 0.171. The molecule has 0 bridgehead atoms. The van der Waals surface area contributed by atoms with Crippen LogP contribution in [0.3, 0.4) is 0 Å². The van der Waals surface area contributed by atoms with Crippen LogP contribution in [0.1, 0.15) is 12.5 Å². The molecule has 108 valence electrons. The van der Waals surface area contributed by atoms with Crippen LogP contribution >= 0.6 is 11.6 Å². The van der Waals surface area contributed by atoms with Gasteiger partial charge in [0.1, 0.15) is 5.82 Å². The van der Waals surface area contributed by atoms with Gasteiger partial charge in [0.05, 0.1) is 19.1 Å². The van der Waals surface area contributed by atoms with E-state index in [0.29, 0.717) is 25.3 Å². The summed E-state index contributed by atoms with van der Waals surface area (Å²) in [7, 11) is 3.30. The Bertz CT molecular complexity index is 390. The molecule has 0 fully saturated rings. The number of hydrogen-bond acceptors (Lipinski definition) is 3. The second-order valence-corrected chi connectivity index (χ2v) is 4.63. The predicted molar refractivity (Wildman–Crippen MR) is 76.5 cm³/mol. The molecule has 0 saturated heterocycles. The third kappa shape index (κ3) is 4.34. The molecule has 0 aromatic heterocycles. The second kappa shape index (κ2) is 8.35. The smallest absolute Gasteiger partial charge is 0.129 e. The highest BCUT2D eigenvalue weighted by Crippen LogP contribution is 2.26. The Morgan fingerprint density at radius 2 is 2.05 bits per heavy atom. The average molecular weight is 290 g/mol. The number of benzene rings is 1. The highest BCUT2D eigenvalue weighted by molar-refractivity contribution is 6.17. The van der Waals surface area contributed by atoms with E-state index in [-0.39, 0.29) is 17.7 Å². The molecule has 1 aromatic carbocycles. The van der Waals surface area contributed by atoms with Crippen LogP contribution in [0.2, 0.25) is 0 Å². The summed E-state index contributed by atoms with van der Waals surface area (Å²) >= 11 is 5.87. The van der Waals surface area contributed by atoms with Gasteiger partial charge in [0, 0.05) is 38.1 Å². The summed E-state index contributed by atoms with van der Waals surface area (Å²) in [6, 6.07) is 5.11. The van der Waals surface area contributed by atoms with E-state index in [1.807, 2.05) is 13.0 Å². The summed E-state index contributed by atoms with van der Waals surface area (Å²) < 4.78 is 24.1. The quantitative estimate of drug-likeness (QED) is 0.687. The van der Waals surface area contributed by atoms with Gasteiger partial charge in [-0.2, -0.15) is 0 Å². The molecule has 5 heteroatoms. The van der Waals surface area contributed by atoms with Crippen LogP contribution in [0.15, 0.2) is 18.2 Å². The molecule has 0 saturated carbocycles. The molecule has 3 nitrogen and oxygen atoms in total. The van der Waals surface area contributed by atoms with Crippen LogP contribution in [-0.2, 0) is 15.4 Å². The molecule has 1 atom stereocenters. The van der Waals surface area contributed by atoms with E-state index >= 15 is 0 Å². The maximum Gasteiger partial charge on any atom is 0.129 e. The number of hydrogen-bond donors (Lipinski definition) is 0. The van der Waals surface area contributed by atoms with Crippen LogP contribution in [0, 0.1) is 5.82 Å². The lowest BCUT2D eigenvalue weighted by atomic mass is 10.1. The number of alkyl halides is 1. The minimum absolute atomic E-state index is 0.115. The topological polar surface area (TPSA) is 21.7 Å². The van der Waals surface area contributed by atoms with Crippen molar-refractivity contribution in [3.05, 3.63) is 29.6 Å². The SMILES string of the molecule is COCCN(c1cccc(F)c1CCl)C(C)COC. The highest BCUT2D eigenvalue weighted by atomic mass is 35.5. The van der Waals surface area contributed by atoms with Crippen molar-refractivity contribution in [3.63, 3.8) is 0 Å². The lowest BCUT2D eigenvalue weighted by Crippen LogP contribution is -2.39. The Hall–Kier alpha value is -0.840. The minimum Gasteiger partial charge on any atom is -0.383 e. The van der Waals surface area contributed by atoms with Crippen LogP contribution < -0.4 is 4.90 Å². The fourth-order valence-electron chi connectivity index (χ4n) is 2.05. The van der Waals surface area contributed by atoms with E-state index in [2.05, 4.69) is 4.90 Å². The number of halogens is 2. The molecule has 0 heterocycles. The molecular formula is C14H21ClFNO2. The van der Waals surface area contributed by atoms with Crippen LogP contribution in [-0.4, -0.2) is 40.0 Å². The van der Waals surface area contributed by atoms with Gasteiger partial charge in [0.15, 0.2) is 0 Å². The van der Waals surface area contributed by atoms with Gasteiger partial charge < -0.3 is 14.4 Å². The van der Waals surface area contributed by atoms with Crippen molar-refractivity contribution < 1.29 is 13.9 Å². The first kappa shape index (κ1) is 16.2. The van der Waals surface area contributed by atoms with Gasteiger partial charge in [0.2, 0.25) is 0 Å². The molecule has 1 rings (SSSR count). The maximum absolute atomic E-state index is 13.8. The van der Waals surface area contributed by atoms with Gasteiger partial charge in [-0.25, -0.2) is 4.39 Å². The Balaban J connectivity index is 3.05. The molecule has 1 aromatic rings. The van der Waals surface area contributed by atoms with Crippen LogP contribution in [0.25, 0.3) is 0 Å². The maximum atomic E-state index is 13.8.